The standard InChI is InChI=1S/C15H17FN2O2S/c1-2-17-11-12-6-3-4-9-15(12)18-21(19,20)14-8-5-7-13(16)10-14/h3-10,17-18H,2,11H2,1H3. The molecule has 0 fully saturated rings. The van der Waals surface area contributed by atoms with Crippen molar-refractivity contribution in [1.29, 1.82) is 0 Å². The van der Waals surface area contributed by atoms with E-state index in [1.165, 1.54) is 18.2 Å². The predicted octanol–water partition coefficient (Wildman–Crippen LogP) is 2.74. The molecule has 2 rings (SSSR count). The number of para-hydroxylation sites is 1. The van der Waals surface area contributed by atoms with Crippen LogP contribution in [-0.4, -0.2) is 15.0 Å². The first-order valence-electron chi connectivity index (χ1n) is 6.60. The fourth-order valence-electron chi connectivity index (χ4n) is 1.87. The van der Waals surface area contributed by atoms with Crippen LogP contribution in [0.15, 0.2) is 53.4 Å². The highest BCUT2D eigenvalue weighted by Crippen LogP contribution is 2.20. The van der Waals surface area contributed by atoms with Gasteiger partial charge in [-0.15, -0.1) is 0 Å². The number of sulfonamides is 1. The summed E-state index contributed by atoms with van der Waals surface area (Å²) in [6.45, 7) is 3.31. The van der Waals surface area contributed by atoms with Gasteiger partial charge in [0, 0.05) is 6.54 Å². The normalized spacial score (nSPS) is 11.3. The molecule has 0 saturated carbocycles. The van der Waals surface area contributed by atoms with Crippen LogP contribution in [0.1, 0.15) is 12.5 Å². The molecule has 0 aliphatic carbocycles. The van der Waals surface area contributed by atoms with Crippen molar-refractivity contribution in [2.24, 2.45) is 0 Å². The van der Waals surface area contributed by atoms with E-state index < -0.39 is 15.8 Å². The largest absolute Gasteiger partial charge is 0.313 e. The van der Waals surface area contributed by atoms with Crippen LogP contribution in [0.25, 0.3) is 0 Å². The Hall–Kier alpha value is -1.92. The minimum atomic E-state index is -3.80. The molecule has 0 saturated heterocycles. The number of rotatable bonds is 6. The van der Waals surface area contributed by atoms with E-state index in [0.29, 0.717) is 12.2 Å². The summed E-state index contributed by atoms with van der Waals surface area (Å²) in [5.74, 6) is -0.584. The van der Waals surface area contributed by atoms with Gasteiger partial charge in [-0.3, -0.25) is 4.72 Å². The first-order chi connectivity index (χ1) is 10.0. The van der Waals surface area contributed by atoms with Crippen molar-refractivity contribution in [1.82, 2.24) is 5.32 Å². The second kappa shape index (κ2) is 6.69. The maximum atomic E-state index is 13.2. The van der Waals surface area contributed by atoms with Crippen LogP contribution in [0.5, 0.6) is 0 Å². The number of hydrogen-bond donors (Lipinski definition) is 2. The molecule has 21 heavy (non-hydrogen) atoms. The van der Waals surface area contributed by atoms with Gasteiger partial charge in [0.15, 0.2) is 0 Å². The Bertz CT molecular complexity index is 717. The summed E-state index contributed by atoms with van der Waals surface area (Å²) >= 11 is 0. The Kier molecular flexibility index (Phi) is 4.93. The summed E-state index contributed by atoms with van der Waals surface area (Å²) in [7, 11) is -3.80. The molecule has 2 N–H and O–H groups in total. The van der Waals surface area contributed by atoms with E-state index in [1.807, 2.05) is 19.1 Å². The van der Waals surface area contributed by atoms with Gasteiger partial charge < -0.3 is 5.32 Å². The van der Waals surface area contributed by atoms with Crippen LogP contribution in [0.4, 0.5) is 10.1 Å². The Labute approximate surface area is 124 Å². The molecule has 0 spiro atoms. The minimum Gasteiger partial charge on any atom is -0.313 e. The van der Waals surface area contributed by atoms with E-state index in [9.17, 15) is 12.8 Å². The minimum absolute atomic E-state index is 0.0965. The van der Waals surface area contributed by atoms with Crippen molar-refractivity contribution in [2.45, 2.75) is 18.4 Å². The molecule has 0 aromatic heterocycles. The van der Waals surface area contributed by atoms with Crippen LogP contribution < -0.4 is 10.0 Å². The number of anilines is 1. The summed E-state index contributed by atoms with van der Waals surface area (Å²) in [6.07, 6.45) is 0. The molecule has 112 valence electrons. The molecule has 0 aliphatic rings. The van der Waals surface area contributed by atoms with Crippen LogP contribution in [0.2, 0.25) is 0 Å². The number of hydrogen-bond acceptors (Lipinski definition) is 3. The van der Waals surface area contributed by atoms with Gasteiger partial charge in [0.05, 0.1) is 10.6 Å². The van der Waals surface area contributed by atoms with E-state index in [-0.39, 0.29) is 4.90 Å². The lowest BCUT2D eigenvalue weighted by atomic mass is 10.2. The second-order valence-corrected chi connectivity index (χ2v) is 6.18. The van der Waals surface area contributed by atoms with Crippen molar-refractivity contribution < 1.29 is 12.8 Å². The lowest BCUT2D eigenvalue weighted by Crippen LogP contribution is -2.17. The lowest BCUT2D eigenvalue weighted by Gasteiger charge is -2.13. The van der Waals surface area contributed by atoms with Gasteiger partial charge in [-0.05, 0) is 36.4 Å². The van der Waals surface area contributed by atoms with Gasteiger partial charge >= 0.3 is 0 Å². The lowest BCUT2D eigenvalue weighted by molar-refractivity contribution is 0.595. The third-order valence-electron chi connectivity index (χ3n) is 2.93. The van der Waals surface area contributed by atoms with Gasteiger partial charge in [0.1, 0.15) is 5.82 Å². The Morgan fingerprint density at radius 1 is 1.10 bits per heavy atom. The number of halogens is 1. The van der Waals surface area contributed by atoms with Gasteiger partial charge in [0.25, 0.3) is 10.0 Å². The molecule has 6 heteroatoms. The Morgan fingerprint density at radius 2 is 1.86 bits per heavy atom. The van der Waals surface area contributed by atoms with Gasteiger partial charge in [-0.25, -0.2) is 12.8 Å². The van der Waals surface area contributed by atoms with Crippen LogP contribution in [0.3, 0.4) is 0 Å². The summed E-state index contributed by atoms with van der Waals surface area (Å²) in [5, 5.41) is 3.14. The maximum absolute atomic E-state index is 13.2. The molecule has 4 nitrogen and oxygen atoms in total. The van der Waals surface area contributed by atoms with Gasteiger partial charge in [-0.2, -0.15) is 0 Å². The topological polar surface area (TPSA) is 58.2 Å². The monoisotopic (exact) mass is 308 g/mol. The van der Waals surface area contributed by atoms with E-state index in [1.54, 1.807) is 12.1 Å². The van der Waals surface area contributed by atoms with Crippen molar-refractivity contribution in [3.63, 3.8) is 0 Å². The molecule has 0 atom stereocenters. The zero-order valence-corrected chi connectivity index (χ0v) is 12.5. The first-order valence-corrected chi connectivity index (χ1v) is 8.08. The zero-order valence-electron chi connectivity index (χ0n) is 11.6. The highest BCUT2D eigenvalue weighted by atomic mass is 32.2. The van der Waals surface area contributed by atoms with Gasteiger partial charge in [0.2, 0.25) is 0 Å². The quantitative estimate of drug-likeness (QED) is 0.862. The molecule has 0 heterocycles. The molecule has 0 amide bonds. The van der Waals surface area contributed by atoms with Crippen molar-refractivity contribution >= 4 is 15.7 Å². The van der Waals surface area contributed by atoms with E-state index in [4.69, 9.17) is 0 Å². The Morgan fingerprint density at radius 3 is 2.57 bits per heavy atom. The maximum Gasteiger partial charge on any atom is 0.262 e. The molecule has 0 unspecified atom stereocenters. The van der Waals surface area contributed by atoms with Gasteiger partial charge in [-0.1, -0.05) is 31.2 Å². The summed E-state index contributed by atoms with van der Waals surface area (Å²) in [5.41, 5.74) is 1.32. The van der Waals surface area contributed by atoms with Crippen molar-refractivity contribution in [3.8, 4) is 0 Å². The van der Waals surface area contributed by atoms with E-state index >= 15 is 0 Å². The molecule has 2 aromatic rings. The van der Waals surface area contributed by atoms with Crippen molar-refractivity contribution in [3.05, 3.63) is 59.9 Å². The summed E-state index contributed by atoms with van der Waals surface area (Å²) in [4.78, 5) is -0.0965. The predicted molar refractivity (Wildman–Crippen MR) is 81.0 cm³/mol. The van der Waals surface area contributed by atoms with Crippen LogP contribution in [0, 0.1) is 5.82 Å². The third kappa shape index (κ3) is 4.03. The molecule has 0 radical (unpaired) electrons. The van der Waals surface area contributed by atoms with E-state index in [2.05, 4.69) is 10.0 Å². The van der Waals surface area contributed by atoms with Crippen molar-refractivity contribution in [2.75, 3.05) is 11.3 Å². The first kappa shape index (κ1) is 15.5. The highest BCUT2D eigenvalue weighted by molar-refractivity contribution is 7.92. The average molecular weight is 308 g/mol. The second-order valence-electron chi connectivity index (χ2n) is 4.50. The molecule has 0 bridgehead atoms. The molecule has 2 aromatic carbocycles. The number of benzene rings is 2. The number of nitrogens with one attached hydrogen (secondary N) is 2. The highest BCUT2D eigenvalue weighted by Gasteiger charge is 2.16. The third-order valence-corrected chi connectivity index (χ3v) is 4.30. The fraction of sp³-hybridized carbons (Fsp3) is 0.200. The molecule has 0 aliphatic heterocycles. The zero-order chi connectivity index (χ0) is 15.3. The summed E-state index contributed by atoms with van der Waals surface area (Å²) < 4.78 is 40.2. The fourth-order valence-corrected chi connectivity index (χ4v) is 3.00. The van der Waals surface area contributed by atoms with E-state index in [0.717, 1.165) is 18.2 Å². The SMILES string of the molecule is CCNCc1ccccc1NS(=O)(=O)c1cccc(F)c1. The smallest absolute Gasteiger partial charge is 0.262 e. The molecular formula is C15H17FN2O2S. The molecular weight excluding hydrogens is 291 g/mol. The van der Waals surface area contributed by atoms with Crippen LogP contribution >= 0.6 is 0 Å². The average Bonchev–Trinajstić information content (AvgIpc) is 2.46. The summed E-state index contributed by atoms with van der Waals surface area (Å²) in [6, 6.07) is 12.0. The van der Waals surface area contributed by atoms with Crippen LogP contribution in [-0.2, 0) is 16.6 Å². The Balaban J connectivity index is 2.29.